The Morgan fingerprint density at radius 3 is 2.30 bits per heavy atom. The van der Waals surface area contributed by atoms with Gasteiger partial charge in [-0.25, -0.2) is 9.59 Å². The van der Waals surface area contributed by atoms with E-state index in [0.717, 1.165) is 61.2 Å². The molecule has 1 aliphatic heterocycles. The van der Waals surface area contributed by atoms with E-state index in [1.165, 1.54) is 44.9 Å². The second kappa shape index (κ2) is 14.2. The first-order valence-corrected chi connectivity index (χ1v) is 17.2. The largest absolute Gasteiger partial charge is 1.00 e. The molecule has 0 spiro atoms. The van der Waals surface area contributed by atoms with E-state index in [2.05, 4.69) is 41.5 Å². The minimum absolute atomic E-state index is 0. The van der Waals surface area contributed by atoms with Gasteiger partial charge in [-0.1, -0.05) is 54.4 Å². The predicted octanol–water partition coefficient (Wildman–Crippen LogP) is 3.10. The van der Waals surface area contributed by atoms with Crippen molar-refractivity contribution in [2.75, 3.05) is 6.61 Å². The average Bonchev–Trinajstić information content (AvgIpc) is 3.46. The molecule has 2 N–H and O–H groups in total. The zero-order valence-corrected chi connectivity index (χ0v) is 30.3. The van der Waals surface area contributed by atoms with Crippen LogP contribution in [0.5, 0.6) is 0 Å². The van der Waals surface area contributed by atoms with Crippen LogP contribution in [0.3, 0.4) is 0 Å². The van der Waals surface area contributed by atoms with Crippen molar-refractivity contribution in [2.45, 2.75) is 137 Å². The molecule has 0 radical (unpaired) electrons. The van der Waals surface area contributed by atoms with Crippen molar-refractivity contribution < 1.29 is 68.4 Å². The van der Waals surface area contributed by atoms with Crippen LogP contribution in [0.4, 0.5) is 4.79 Å². The topological polar surface area (TPSA) is 119 Å². The van der Waals surface area contributed by atoms with Crippen LogP contribution in [-0.2, 0) is 23.8 Å². The van der Waals surface area contributed by atoms with E-state index in [4.69, 9.17) is 19.3 Å². The molecule has 5 aliphatic rings. The SMILES string of the molecule is CC(C)C(C)CC[C@H](C)[C@H]1CC[C@H]2[C@@H]3CC[C@H]4C[C@@H](OC(=O)OC5C(=O)OC(C(O)CO)C5=O)CC[C@]4(C)[C@H]3CC[C@]12C.[Na+]. The average molecular weight is 628 g/mol. The Kier molecular flexibility index (Phi) is 11.7. The first-order chi connectivity index (χ1) is 20.3. The van der Waals surface area contributed by atoms with Crippen LogP contribution in [0.25, 0.3) is 0 Å². The summed E-state index contributed by atoms with van der Waals surface area (Å²) in [6.45, 7) is 14.0. The van der Waals surface area contributed by atoms with E-state index >= 15 is 0 Å². The van der Waals surface area contributed by atoms with Crippen LogP contribution in [-0.4, -0.2) is 59.1 Å². The summed E-state index contributed by atoms with van der Waals surface area (Å²) in [6.07, 6.45) is 6.80. The van der Waals surface area contributed by atoms with Gasteiger partial charge in [0.2, 0.25) is 5.78 Å². The summed E-state index contributed by atoms with van der Waals surface area (Å²) in [5.74, 6) is 4.04. The zero-order valence-electron chi connectivity index (χ0n) is 28.3. The van der Waals surface area contributed by atoms with Crippen LogP contribution in [0, 0.1) is 58.2 Å². The van der Waals surface area contributed by atoms with Gasteiger partial charge in [-0.15, -0.1) is 0 Å². The molecule has 0 amide bonds. The maximum absolute atomic E-state index is 12.6. The molecule has 0 bridgehead atoms. The molecule has 244 valence electrons. The minimum Gasteiger partial charge on any atom is -0.448 e. The van der Waals surface area contributed by atoms with Crippen LogP contribution in [0.15, 0.2) is 0 Å². The van der Waals surface area contributed by atoms with E-state index in [0.29, 0.717) is 17.3 Å². The van der Waals surface area contributed by atoms with Crippen molar-refractivity contribution in [3.8, 4) is 0 Å². The fraction of sp³-hybridized carbons (Fsp3) is 0.914. The standard InChI is InChI=1S/C35H56O8.Na/c1-19(2)20(3)7-8-21(4)25-11-12-26-24-10-9-22-17-23(13-15-34(22,5)27(24)14-16-35(25,26)6)41-33(40)43-31-29(38)30(28(37)18-36)42-32(31)39;/h19-28,30-31,36-37H,7-18H2,1-6H3;/q;+1/t20?,21-,22-,23-,24-,25+,26-,27-,28?,30?,31?,34-,35+;/m0./s1. The molecule has 9 heteroatoms. The Bertz CT molecular complexity index is 1050. The number of carbonyl (C=O) groups excluding carboxylic acids is 3. The summed E-state index contributed by atoms with van der Waals surface area (Å²) in [6, 6.07) is 0. The third-order valence-corrected chi connectivity index (χ3v) is 13.6. The summed E-state index contributed by atoms with van der Waals surface area (Å²) >= 11 is 0. The van der Waals surface area contributed by atoms with Crippen molar-refractivity contribution in [3.05, 3.63) is 0 Å². The zero-order chi connectivity index (χ0) is 31.3. The van der Waals surface area contributed by atoms with E-state index in [1.807, 2.05) is 0 Å². The Hall–Kier alpha value is -0.670. The maximum atomic E-state index is 12.6. The third kappa shape index (κ3) is 6.68. The molecular weight excluding hydrogens is 571 g/mol. The second-order valence-electron chi connectivity index (χ2n) is 15.9. The van der Waals surface area contributed by atoms with Crippen molar-refractivity contribution in [3.63, 3.8) is 0 Å². The first kappa shape index (κ1) is 36.2. The number of ether oxygens (including phenoxy) is 3. The van der Waals surface area contributed by atoms with E-state index < -0.39 is 42.8 Å². The number of carbonyl (C=O) groups is 3. The molecule has 0 aromatic carbocycles. The van der Waals surface area contributed by atoms with Crippen LogP contribution >= 0.6 is 0 Å². The molecule has 5 rings (SSSR count). The van der Waals surface area contributed by atoms with Gasteiger partial charge in [0.1, 0.15) is 12.2 Å². The summed E-state index contributed by atoms with van der Waals surface area (Å²) in [7, 11) is 0. The van der Waals surface area contributed by atoms with Crippen molar-refractivity contribution in [1.82, 2.24) is 0 Å². The fourth-order valence-corrected chi connectivity index (χ4v) is 10.6. The van der Waals surface area contributed by atoms with E-state index in [1.54, 1.807) is 0 Å². The molecule has 1 heterocycles. The number of hydrogen-bond donors (Lipinski definition) is 2. The van der Waals surface area contributed by atoms with Crippen molar-refractivity contribution in [2.24, 2.45) is 58.2 Å². The number of hydrogen-bond acceptors (Lipinski definition) is 8. The minimum atomic E-state index is -1.77. The van der Waals surface area contributed by atoms with E-state index in [-0.39, 0.29) is 41.1 Å². The van der Waals surface area contributed by atoms with Gasteiger partial charge in [-0.3, -0.25) is 4.79 Å². The molecule has 0 aromatic heterocycles. The molecule has 13 atom stereocenters. The van der Waals surface area contributed by atoms with Gasteiger partial charge in [-0.2, -0.15) is 0 Å². The van der Waals surface area contributed by atoms with Gasteiger partial charge in [0.05, 0.1) is 6.61 Å². The molecule has 5 fully saturated rings. The summed E-state index contributed by atoms with van der Waals surface area (Å²) in [5, 5.41) is 18.8. The third-order valence-electron chi connectivity index (χ3n) is 13.6. The van der Waals surface area contributed by atoms with Gasteiger partial charge < -0.3 is 24.4 Å². The Balaban J connectivity index is 0.00000442. The number of fused-ring (bicyclic) bond motifs is 5. The summed E-state index contributed by atoms with van der Waals surface area (Å²) < 4.78 is 15.5. The fourth-order valence-electron chi connectivity index (χ4n) is 10.6. The van der Waals surface area contributed by atoms with Gasteiger partial charge in [0.15, 0.2) is 6.10 Å². The summed E-state index contributed by atoms with van der Waals surface area (Å²) in [5.41, 5.74) is 0.698. The maximum Gasteiger partial charge on any atom is 1.00 e. The van der Waals surface area contributed by atoms with Crippen LogP contribution in [0.1, 0.15) is 112 Å². The smallest absolute Gasteiger partial charge is 0.448 e. The van der Waals surface area contributed by atoms with Crippen molar-refractivity contribution in [1.29, 1.82) is 0 Å². The monoisotopic (exact) mass is 627 g/mol. The van der Waals surface area contributed by atoms with Gasteiger partial charge >= 0.3 is 41.7 Å². The summed E-state index contributed by atoms with van der Waals surface area (Å²) in [4.78, 5) is 37.1. The van der Waals surface area contributed by atoms with Gasteiger partial charge in [0, 0.05) is 0 Å². The molecular formula is C35H56NaO8+. The van der Waals surface area contributed by atoms with Crippen molar-refractivity contribution >= 4 is 17.9 Å². The molecule has 44 heavy (non-hydrogen) atoms. The Labute approximate surface area is 286 Å². The molecule has 4 saturated carbocycles. The predicted molar refractivity (Wildman–Crippen MR) is 161 cm³/mol. The number of esters is 1. The van der Waals surface area contributed by atoms with Gasteiger partial charge in [0.25, 0.3) is 6.10 Å². The second-order valence-corrected chi connectivity index (χ2v) is 15.9. The molecule has 0 aromatic rings. The number of aliphatic hydroxyl groups excluding tert-OH is 2. The first-order valence-electron chi connectivity index (χ1n) is 17.2. The van der Waals surface area contributed by atoms with Crippen LogP contribution < -0.4 is 29.6 Å². The number of cyclic esters (lactones) is 1. The molecule has 4 aliphatic carbocycles. The van der Waals surface area contributed by atoms with E-state index in [9.17, 15) is 19.5 Å². The molecule has 4 unspecified atom stereocenters. The normalized spacial score (nSPS) is 41.8. The number of ketones is 1. The van der Waals surface area contributed by atoms with Crippen LogP contribution in [0.2, 0.25) is 0 Å². The Morgan fingerprint density at radius 1 is 0.932 bits per heavy atom. The Morgan fingerprint density at radius 2 is 1.61 bits per heavy atom. The molecule has 1 saturated heterocycles. The molecule has 8 nitrogen and oxygen atoms in total. The van der Waals surface area contributed by atoms with Gasteiger partial charge in [-0.05, 0) is 116 Å². The number of aliphatic hydroxyl groups is 2. The quantitative estimate of drug-likeness (QED) is 0.228. The number of Topliss-reactive ketones (excluding diaryl/α,β-unsaturated/α-hetero) is 1. The number of rotatable bonds is 9.